The summed E-state index contributed by atoms with van der Waals surface area (Å²) in [5, 5.41) is 17.9. The Morgan fingerprint density at radius 1 is 1.25 bits per heavy atom. The third-order valence-electron chi connectivity index (χ3n) is 6.42. The predicted octanol–water partition coefficient (Wildman–Crippen LogP) is 2.55. The van der Waals surface area contributed by atoms with Crippen LogP contribution in [0.4, 0.5) is 0 Å². The van der Waals surface area contributed by atoms with Crippen molar-refractivity contribution in [2.24, 2.45) is 0 Å². The molecule has 5 rings (SSSR count). The monoisotopic (exact) mass is 507 g/mol. The second-order valence-corrected chi connectivity index (χ2v) is 10.1. The van der Waals surface area contributed by atoms with Crippen LogP contribution in [0.25, 0.3) is 16.7 Å². The second-order valence-electron chi connectivity index (χ2n) is 8.89. The molecule has 0 unspecified atom stereocenters. The SMILES string of the molecule is Cc1cc(=O)c(O)c(C2(CC(=O)NCc3nc4c(cnn4-c4ccccc4)c(=O)[nH]3)CCSCC2)o1. The Hall–Kier alpha value is -3.86. The molecule has 0 atom stereocenters. The quantitative estimate of drug-likeness (QED) is 0.361. The molecule has 0 spiro atoms. The molecule has 0 aliphatic carbocycles. The van der Waals surface area contributed by atoms with Crippen molar-refractivity contribution in [1.29, 1.82) is 0 Å². The molecule has 1 aliphatic heterocycles. The van der Waals surface area contributed by atoms with Gasteiger partial charge in [-0.05, 0) is 43.4 Å². The van der Waals surface area contributed by atoms with Crippen LogP contribution in [-0.4, -0.2) is 42.3 Å². The number of aryl methyl sites for hydroxylation is 1. The van der Waals surface area contributed by atoms with Crippen LogP contribution in [-0.2, 0) is 16.8 Å². The van der Waals surface area contributed by atoms with Crippen molar-refractivity contribution in [3.63, 3.8) is 0 Å². The van der Waals surface area contributed by atoms with Crippen LogP contribution >= 0.6 is 11.8 Å². The van der Waals surface area contributed by atoms with Gasteiger partial charge in [-0.3, -0.25) is 14.4 Å². The van der Waals surface area contributed by atoms with Gasteiger partial charge < -0.3 is 19.8 Å². The number of H-pyrrole nitrogens is 1. The van der Waals surface area contributed by atoms with Gasteiger partial charge in [-0.15, -0.1) is 0 Å². The number of thioether (sulfide) groups is 1. The molecule has 186 valence electrons. The van der Waals surface area contributed by atoms with Gasteiger partial charge in [0.1, 0.15) is 17.0 Å². The van der Waals surface area contributed by atoms with E-state index in [2.05, 4.69) is 20.4 Å². The summed E-state index contributed by atoms with van der Waals surface area (Å²) in [6.45, 7) is 1.65. The second kappa shape index (κ2) is 9.65. The van der Waals surface area contributed by atoms with Crippen molar-refractivity contribution in [3.05, 3.63) is 80.5 Å². The van der Waals surface area contributed by atoms with E-state index in [1.54, 1.807) is 23.4 Å². The number of hydrogen-bond acceptors (Lipinski definition) is 8. The molecule has 10 nitrogen and oxygen atoms in total. The molecule has 1 fully saturated rings. The Morgan fingerprint density at radius 2 is 2.00 bits per heavy atom. The highest BCUT2D eigenvalue weighted by Gasteiger charge is 2.41. The molecule has 3 N–H and O–H groups in total. The third-order valence-corrected chi connectivity index (χ3v) is 7.40. The Kier molecular flexibility index (Phi) is 6.40. The van der Waals surface area contributed by atoms with E-state index < -0.39 is 16.6 Å². The number of para-hydroxylation sites is 1. The highest BCUT2D eigenvalue weighted by Crippen LogP contribution is 2.44. The summed E-state index contributed by atoms with van der Waals surface area (Å²) in [6, 6.07) is 10.6. The van der Waals surface area contributed by atoms with E-state index >= 15 is 0 Å². The fourth-order valence-electron chi connectivity index (χ4n) is 4.57. The summed E-state index contributed by atoms with van der Waals surface area (Å²) < 4.78 is 7.37. The molecule has 0 saturated carbocycles. The molecule has 36 heavy (non-hydrogen) atoms. The van der Waals surface area contributed by atoms with Gasteiger partial charge in [-0.2, -0.15) is 16.9 Å². The van der Waals surface area contributed by atoms with Crippen LogP contribution < -0.4 is 16.3 Å². The van der Waals surface area contributed by atoms with E-state index in [9.17, 15) is 19.5 Å². The largest absolute Gasteiger partial charge is 0.502 e. The van der Waals surface area contributed by atoms with Gasteiger partial charge in [0.05, 0.1) is 18.4 Å². The van der Waals surface area contributed by atoms with E-state index in [-0.39, 0.29) is 36.0 Å². The summed E-state index contributed by atoms with van der Waals surface area (Å²) in [4.78, 5) is 45.1. The standard InChI is InChI=1S/C25H25N5O5S/c1-15-11-18(31)21(33)22(35-15)25(7-9-36-10-8-25)12-20(32)26-14-19-28-23-17(24(34)29-19)13-27-30(23)16-5-3-2-4-6-16/h2-6,11,13,33H,7-10,12,14H2,1H3,(H,26,32)(H,28,29,34). The summed E-state index contributed by atoms with van der Waals surface area (Å²) >= 11 is 1.76. The van der Waals surface area contributed by atoms with E-state index in [1.165, 1.54) is 12.3 Å². The van der Waals surface area contributed by atoms with Crippen molar-refractivity contribution >= 4 is 28.7 Å². The summed E-state index contributed by atoms with van der Waals surface area (Å²) in [5.74, 6) is 1.66. The number of benzene rings is 1. The summed E-state index contributed by atoms with van der Waals surface area (Å²) in [6.07, 6.45) is 2.66. The van der Waals surface area contributed by atoms with E-state index in [0.717, 1.165) is 17.2 Å². The average molecular weight is 508 g/mol. The number of aromatic hydroxyl groups is 1. The minimum absolute atomic E-state index is 0.00143. The summed E-state index contributed by atoms with van der Waals surface area (Å²) in [5.41, 5.74) is -0.504. The molecule has 11 heteroatoms. The van der Waals surface area contributed by atoms with E-state index in [1.807, 2.05) is 30.3 Å². The van der Waals surface area contributed by atoms with Crippen molar-refractivity contribution in [2.45, 2.75) is 38.1 Å². The van der Waals surface area contributed by atoms with Crippen molar-refractivity contribution in [1.82, 2.24) is 25.1 Å². The topological polar surface area (TPSA) is 143 Å². The fourth-order valence-corrected chi connectivity index (χ4v) is 5.84. The molecule has 1 amide bonds. The molecule has 0 radical (unpaired) electrons. The lowest BCUT2D eigenvalue weighted by Gasteiger charge is -2.35. The summed E-state index contributed by atoms with van der Waals surface area (Å²) in [7, 11) is 0. The lowest BCUT2D eigenvalue weighted by atomic mass is 9.75. The first-order valence-corrected chi connectivity index (χ1v) is 12.7. The molecule has 4 aromatic rings. The first kappa shape index (κ1) is 23.9. The molecule has 1 saturated heterocycles. The number of aromatic nitrogens is 4. The van der Waals surface area contributed by atoms with Gasteiger partial charge >= 0.3 is 0 Å². The lowest BCUT2D eigenvalue weighted by Crippen LogP contribution is -2.38. The Labute approximate surface area is 209 Å². The molecule has 3 aromatic heterocycles. The van der Waals surface area contributed by atoms with Crippen molar-refractivity contribution in [2.75, 3.05) is 11.5 Å². The third kappa shape index (κ3) is 4.53. The molecular formula is C25H25N5O5S. The zero-order valence-corrected chi connectivity index (χ0v) is 20.4. The van der Waals surface area contributed by atoms with Crippen LogP contribution in [0, 0.1) is 6.92 Å². The number of rotatable bonds is 6. The predicted molar refractivity (Wildman–Crippen MR) is 136 cm³/mol. The van der Waals surface area contributed by atoms with Crippen LogP contribution in [0.2, 0.25) is 0 Å². The number of aromatic amines is 1. The van der Waals surface area contributed by atoms with Crippen LogP contribution in [0.3, 0.4) is 0 Å². The Balaban J connectivity index is 1.39. The maximum atomic E-state index is 13.1. The maximum absolute atomic E-state index is 13.1. The molecule has 1 aliphatic rings. The minimum Gasteiger partial charge on any atom is -0.502 e. The smallest absolute Gasteiger partial charge is 0.262 e. The highest BCUT2D eigenvalue weighted by atomic mass is 32.2. The van der Waals surface area contributed by atoms with E-state index in [0.29, 0.717) is 29.6 Å². The fraction of sp³-hybridized carbons (Fsp3) is 0.320. The van der Waals surface area contributed by atoms with E-state index in [4.69, 9.17) is 4.42 Å². The van der Waals surface area contributed by atoms with Crippen LogP contribution in [0.1, 0.15) is 36.6 Å². The normalized spacial score (nSPS) is 15.1. The number of fused-ring (bicyclic) bond motifs is 1. The number of amides is 1. The van der Waals surface area contributed by atoms with Gasteiger partial charge in [-0.1, -0.05) is 18.2 Å². The van der Waals surface area contributed by atoms with Gasteiger partial charge in [-0.25, -0.2) is 9.67 Å². The van der Waals surface area contributed by atoms with Crippen LogP contribution in [0.5, 0.6) is 5.75 Å². The zero-order valence-electron chi connectivity index (χ0n) is 19.6. The molecular weight excluding hydrogens is 482 g/mol. The lowest BCUT2D eigenvalue weighted by molar-refractivity contribution is -0.122. The Morgan fingerprint density at radius 3 is 2.75 bits per heavy atom. The van der Waals surface area contributed by atoms with Crippen molar-refractivity contribution in [3.8, 4) is 11.4 Å². The number of nitrogens with zero attached hydrogens (tertiary/aromatic N) is 3. The van der Waals surface area contributed by atoms with Gasteiger partial charge in [0.25, 0.3) is 5.56 Å². The zero-order chi connectivity index (χ0) is 25.3. The first-order chi connectivity index (χ1) is 17.4. The van der Waals surface area contributed by atoms with Gasteiger partial charge in [0, 0.05) is 17.9 Å². The molecule has 0 bridgehead atoms. The number of hydrogen-bond donors (Lipinski definition) is 3. The highest BCUT2D eigenvalue weighted by molar-refractivity contribution is 7.99. The average Bonchev–Trinajstić information content (AvgIpc) is 3.31. The molecule has 4 heterocycles. The first-order valence-electron chi connectivity index (χ1n) is 11.6. The minimum atomic E-state index is -0.790. The van der Waals surface area contributed by atoms with Gasteiger partial charge in [0.2, 0.25) is 17.1 Å². The maximum Gasteiger partial charge on any atom is 0.262 e. The van der Waals surface area contributed by atoms with Crippen molar-refractivity contribution < 1.29 is 14.3 Å². The Bertz CT molecular complexity index is 1540. The number of carbonyl (C=O) groups is 1. The van der Waals surface area contributed by atoms with Crippen LogP contribution in [0.15, 0.2) is 56.6 Å². The number of carbonyl (C=O) groups excluding carboxylic acids is 1. The van der Waals surface area contributed by atoms with Gasteiger partial charge in [0.15, 0.2) is 11.4 Å². The molecule has 1 aromatic carbocycles. The number of nitrogens with one attached hydrogen (secondary N) is 2.